The molecule has 0 aliphatic rings. The number of rotatable bonds is 2. The molecule has 0 spiro atoms. The third kappa shape index (κ3) is 3.11. The number of hydrogen-bond donors (Lipinski definition) is 0. The maximum atomic E-state index is 13.3. The van der Waals surface area contributed by atoms with Gasteiger partial charge in [-0.2, -0.15) is 22.5 Å². The number of ether oxygens (including phenoxy) is 1. The molecular weight excluding hydrogens is 288 g/mol. The van der Waals surface area contributed by atoms with Crippen molar-refractivity contribution in [3.8, 4) is 11.6 Å². The number of nitrogens with zero attached hydrogens (tertiary/aromatic N) is 2. The first kappa shape index (κ1) is 13.5. The second-order valence-corrected chi connectivity index (χ2v) is 3.73. The number of para-hydroxylation sites is 1. The third-order valence-corrected chi connectivity index (χ3v) is 2.26. The van der Waals surface area contributed by atoms with Gasteiger partial charge in [-0.1, -0.05) is 12.1 Å². The van der Waals surface area contributed by atoms with Gasteiger partial charge in [0.25, 0.3) is 5.88 Å². The molecule has 0 aliphatic heterocycles. The predicted molar refractivity (Wildman–Crippen MR) is 58.5 cm³/mol. The average molecular weight is 293 g/mol. The van der Waals surface area contributed by atoms with Gasteiger partial charge in [-0.05, 0) is 23.7 Å². The summed E-state index contributed by atoms with van der Waals surface area (Å²) >= 11 is 5.42. The summed E-state index contributed by atoms with van der Waals surface area (Å²) < 4.78 is 56.2. The van der Waals surface area contributed by atoms with Crippen LogP contribution in [0, 0.1) is 5.82 Å². The van der Waals surface area contributed by atoms with E-state index in [2.05, 4.69) is 9.97 Å². The molecule has 2 rings (SSSR count). The molecule has 0 saturated carbocycles. The SMILES string of the molecule is Fc1cnc(Cl)nc1Oc1ccccc1C(F)(F)F. The molecule has 0 atom stereocenters. The zero-order valence-electron chi connectivity index (χ0n) is 9.08. The molecule has 0 fully saturated rings. The van der Waals surface area contributed by atoms with Crippen LogP contribution in [0.15, 0.2) is 30.5 Å². The van der Waals surface area contributed by atoms with Crippen LogP contribution in [-0.4, -0.2) is 9.97 Å². The quantitative estimate of drug-likeness (QED) is 0.618. The predicted octanol–water partition coefficient (Wildman–Crippen LogP) is 4.08. The molecule has 1 aromatic carbocycles. The second kappa shape index (κ2) is 5.00. The Labute approximate surface area is 109 Å². The van der Waals surface area contributed by atoms with Crippen LogP contribution in [0.5, 0.6) is 11.6 Å². The highest BCUT2D eigenvalue weighted by Gasteiger charge is 2.34. The topological polar surface area (TPSA) is 35.0 Å². The smallest absolute Gasteiger partial charge is 0.419 e. The summed E-state index contributed by atoms with van der Waals surface area (Å²) in [5.41, 5.74) is -1.04. The van der Waals surface area contributed by atoms with Crippen molar-refractivity contribution in [2.24, 2.45) is 0 Å². The van der Waals surface area contributed by atoms with Gasteiger partial charge in [0.1, 0.15) is 5.75 Å². The van der Waals surface area contributed by atoms with Crippen LogP contribution in [0.2, 0.25) is 5.28 Å². The molecular formula is C11H5ClF4N2O. The minimum atomic E-state index is -4.62. The minimum Gasteiger partial charge on any atom is -0.436 e. The van der Waals surface area contributed by atoms with Crippen LogP contribution in [0.3, 0.4) is 0 Å². The second-order valence-electron chi connectivity index (χ2n) is 3.39. The van der Waals surface area contributed by atoms with Crippen molar-refractivity contribution in [1.82, 2.24) is 9.97 Å². The van der Waals surface area contributed by atoms with E-state index in [9.17, 15) is 17.6 Å². The van der Waals surface area contributed by atoms with Gasteiger partial charge in [0.05, 0.1) is 11.8 Å². The molecule has 1 aromatic heterocycles. The zero-order chi connectivity index (χ0) is 14.0. The van der Waals surface area contributed by atoms with E-state index in [4.69, 9.17) is 16.3 Å². The van der Waals surface area contributed by atoms with E-state index in [1.165, 1.54) is 12.1 Å². The molecule has 8 heteroatoms. The van der Waals surface area contributed by atoms with E-state index in [0.29, 0.717) is 6.20 Å². The summed E-state index contributed by atoms with van der Waals surface area (Å²) in [5.74, 6) is -2.25. The van der Waals surface area contributed by atoms with E-state index in [-0.39, 0.29) is 5.28 Å². The van der Waals surface area contributed by atoms with E-state index in [1.807, 2.05) is 0 Å². The Kier molecular flexibility index (Phi) is 3.57. The van der Waals surface area contributed by atoms with Crippen molar-refractivity contribution in [1.29, 1.82) is 0 Å². The first-order valence-corrected chi connectivity index (χ1v) is 5.28. The molecule has 1 heterocycles. The lowest BCUT2D eigenvalue weighted by Gasteiger charge is -2.12. The highest BCUT2D eigenvalue weighted by atomic mass is 35.5. The average Bonchev–Trinajstić information content (AvgIpc) is 2.33. The molecule has 3 nitrogen and oxygen atoms in total. The molecule has 0 radical (unpaired) electrons. The van der Waals surface area contributed by atoms with Crippen LogP contribution >= 0.6 is 11.6 Å². The van der Waals surface area contributed by atoms with Gasteiger partial charge >= 0.3 is 6.18 Å². The van der Waals surface area contributed by atoms with Gasteiger partial charge < -0.3 is 4.74 Å². The fourth-order valence-electron chi connectivity index (χ4n) is 1.30. The Bertz CT molecular complexity index is 603. The largest absolute Gasteiger partial charge is 0.436 e. The number of alkyl halides is 3. The molecule has 0 unspecified atom stereocenters. The first-order chi connectivity index (χ1) is 8.88. The number of aromatic nitrogens is 2. The van der Waals surface area contributed by atoms with Crippen molar-refractivity contribution in [3.63, 3.8) is 0 Å². The highest BCUT2D eigenvalue weighted by Crippen LogP contribution is 2.37. The monoisotopic (exact) mass is 292 g/mol. The van der Waals surface area contributed by atoms with E-state index >= 15 is 0 Å². The normalized spacial score (nSPS) is 11.4. The summed E-state index contributed by atoms with van der Waals surface area (Å²) in [5, 5.41) is -0.333. The number of halogens is 5. The summed E-state index contributed by atoms with van der Waals surface area (Å²) in [6.07, 6.45) is -3.91. The molecule has 0 saturated heterocycles. The molecule has 0 bridgehead atoms. The van der Waals surface area contributed by atoms with Crippen molar-refractivity contribution in [2.75, 3.05) is 0 Å². The Morgan fingerprint density at radius 1 is 1.16 bits per heavy atom. The molecule has 0 aliphatic carbocycles. The number of hydrogen-bond acceptors (Lipinski definition) is 3. The molecule has 0 N–H and O–H groups in total. The maximum Gasteiger partial charge on any atom is 0.419 e. The van der Waals surface area contributed by atoms with E-state index in [0.717, 1.165) is 12.1 Å². The van der Waals surface area contributed by atoms with Crippen LogP contribution in [-0.2, 0) is 6.18 Å². The Hall–Kier alpha value is -1.89. The van der Waals surface area contributed by atoms with Gasteiger partial charge in [0, 0.05) is 0 Å². The summed E-state index contributed by atoms with van der Waals surface area (Å²) in [7, 11) is 0. The summed E-state index contributed by atoms with van der Waals surface area (Å²) in [6, 6.07) is 4.39. The van der Waals surface area contributed by atoms with Crippen LogP contribution in [0.25, 0.3) is 0 Å². The molecule has 2 aromatic rings. The fourth-order valence-corrected chi connectivity index (χ4v) is 1.42. The van der Waals surface area contributed by atoms with E-state index in [1.54, 1.807) is 0 Å². The Morgan fingerprint density at radius 3 is 2.53 bits per heavy atom. The third-order valence-electron chi connectivity index (χ3n) is 2.08. The Balaban J connectivity index is 2.41. The lowest BCUT2D eigenvalue weighted by Crippen LogP contribution is -2.07. The number of benzene rings is 1. The van der Waals surface area contributed by atoms with Crippen molar-refractivity contribution in [2.45, 2.75) is 6.18 Å². The first-order valence-electron chi connectivity index (χ1n) is 4.90. The standard InChI is InChI=1S/C11H5ClF4N2O/c12-10-17-5-7(13)9(18-10)19-8-4-2-1-3-6(8)11(14,15)16/h1-5H. The van der Waals surface area contributed by atoms with Crippen molar-refractivity contribution in [3.05, 3.63) is 47.1 Å². The van der Waals surface area contributed by atoms with Gasteiger partial charge in [-0.25, -0.2) is 4.98 Å². The fraction of sp³-hybridized carbons (Fsp3) is 0.0909. The summed E-state index contributed by atoms with van der Waals surface area (Å²) in [4.78, 5) is 6.71. The van der Waals surface area contributed by atoms with Crippen molar-refractivity contribution < 1.29 is 22.3 Å². The highest BCUT2D eigenvalue weighted by molar-refractivity contribution is 6.28. The van der Waals surface area contributed by atoms with Crippen LogP contribution in [0.1, 0.15) is 5.56 Å². The Morgan fingerprint density at radius 2 is 1.84 bits per heavy atom. The van der Waals surface area contributed by atoms with Crippen LogP contribution in [0.4, 0.5) is 17.6 Å². The zero-order valence-corrected chi connectivity index (χ0v) is 9.84. The van der Waals surface area contributed by atoms with Gasteiger partial charge in [-0.3, -0.25) is 0 Å². The van der Waals surface area contributed by atoms with Gasteiger partial charge in [-0.15, -0.1) is 0 Å². The van der Waals surface area contributed by atoms with Gasteiger partial charge in [0.15, 0.2) is 0 Å². The van der Waals surface area contributed by atoms with Crippen molar-refractivity contribution >= 4 is 11.6 Å². The lowest BCUT2D eigenvalue weighted by atomic mass is 10.2. The molecule has 19 heavy (non-hydrogen) atoms. The molecule has 0 amide bonds. The van der Waals surface area contributed by atoms with Crippen LogP contribution < -0.4 is 4.74 Å². The lowest BCUT2D eigenvalue weighted by molar-refractivity contribution is -0.138. The minimum absolute atomic E-state index is 0.333. The van der Waals surface area contributed by atoms with Gasteiger partial charge in [0.2, 0.25) is 11.1 Å². The summed E-state index contributed by atoms with van der Waals surface area (Å²) in [6.45, 7) is 0. The maximum absolute atomic E-state index is 13.3. The molecule has 100 valence electrons. The van der Waals surface area contributed by atoms with E-state index < -0.39 is 29.2 Å².